The van der Waals surface area contributed by atoms with Crippen molar-refractivity contribution in [3.63, 3.8) is 0 Å². The molecular formula is C10H17NO. The quantitative estimate of drug-likeness (QED) is 0.584. The van der Waals surface area contributed by atoms with Gasteiger partial charge in [-0.2, -0.15) is 0 Å². The van der Waals surface area contributed by atoms with Crippen molar-refractivity contribution < 1.29 is 4.74 Å². The summed E-state index contributed by atoms with van der Waals surface area (Å²) in [6, 6.07) is 0. The van der Waals surface area contributed by atoms with Gasteiger partial charge in [-0.3, -0.25) is 0 Å². The van der Waals surface area contributed by atoms with E-state index < -0.39 is 0 Å². The molecule has 2 saturated heterocycles. The molecule has 4 atom stereocenters. The molecule has 1 aliphatic carbocycles. The van der Waals surface area contributed by atoms with Crippen molar-refractivity contribution in [1.29, 1.82) is 0 Å². The van der Waals surface area contributed by atoms with Crippen LogP contribution in [0.2, 0.25) is 0 Å². The second-order valence-electron chi connectivity index (χ2n) is 4.89. The van der Waals surface area contributed by atoms with E-state index in [1.54, 1.807) is 0 Å². The topological polar surface area (TPSA) is 21.3 Å². The zero-order chi connectivity index (χ0) is 8.18. The molecule has 1 saturated carbocycles. The van der Waals surface area contributed by atoms with Gasteiger partial charge in [-0.1, -0.05) is 0 Å². The van der Waals surface area contributed by atoms with Gasteiger partial charge in [0.2, 0.25) is 0 Å². The van der Waals surface area contributed by atoms with Gasteiger partial charge in [-0.05, 0) is 38.0 Å². The maximum Gasteiger partial charge on any atom is 0.0579 e. The minimum Gasteiger partial charge on any atom is -0.378 e. The predicted octanol–water partition coefficient (Wildman–Crippen LogP) is 1.16. The molecule has 2 bridgehead atoms. The zero-order valence-corrected chi connectivity index (χ0v) is 7.68. The monoisotopic (exact) mass is 167 g/mol. The molecule has 0 aromatic heterocycles. The van der Waals surface area contributed by atoms with E-state index in [2.05, 4.69) is 12.2 Å². The number of rotatable bonds is 0. The number of hydrogen-bond donors (Lipinski definition) is 1. The average Bonchev–Trinajstić information content (AvgIpc) is 2.43. The molecule has 0 spiro atoms. The molecule has 3 rings (SSSR count). The van der Waals surface area contributed by atoms with Gasteiger partial charge in [0.25, 0.3) is 0 Å². The molecule has 12 heavy (non-hydrogen) atoms. The summed E-state index contributed by atoms with van der Waals surface area (Å²) in [5, 5.41) is 3.59. The highest BCUT2D eigenvalue weighted by molar-refractivity contribution is 5.06. The summed E-state index contributed by atoms with van der Waals surface area (Å²) in [6.45, 7) is 4.66. The summed E-state index contributed by atoms with van der Waals surface area (Å²) < 4.78 is 5.73. The van der Waals surface area contributed by atoms with Gasteiger partial charge in [0.15, 0.2) is 0 Å². The van der Waals surface area contributed by atoms with Gasteiger partial charge in [-0.15, -0.1) is 0 Å². The van der Waals surface area contributed by atoms with Gasteiger partial charge >= 0.3 is 0 Å². The van der Waals surface area contributed by atoms with Crippen molar-refractivity contribution in [3.8, 4) is 0 Å². The second kappa shape index (κ2) is 2.24. The normalized spacial score (nSPS) is 57.2. The number of hydrogen-bond acceptors (Lipinski definition) is 2. The highest BCUT2D eigenvalue weighted by Gasteiger charge is 2.50. The van der Waals surface area contributed by atoms with E-state index in [1.165, 1.54) is 25.8 Å². The fourth-order valence-corrected chi connectivity index (χ4v) is 3.20. The zero-order valence-electron chi connectivity index (χ0n) is 7.68. The van der Waals surface area contributed by atoms with Crippen molar-refractivity contribution >= 4 is 0 Å². The van der Waals surface area contributed by atoms with Crippen LogP contribution in [0.4, 0.5) is 0 Å². The Bertz CT molecular complexity index is 206. The van der Waals surface area contributed by atoms with Crippen molar-refractivity contribution in [2.75, 3.05) is 13.2 Å². The van der Waals surface area contributed by atoms with Crippen LogP contribution in [0.15, 0.2) is 0 Å². The van der Waals surface area contributed by atoms with E-state index in [9.17, 15) is 0 Å². The molecule has 0 radical (unpaired) electrons. The van der Waals surface area contributed by atoms with E-state index >= 15 is 0 Å². The fraction of sp³-hybridized carbons (Fsp3) is 1.00. The number of fused-ring (bicyclic) bond motifs is 4. The molecule has 0 aromatic rings. The summed E-state index contributed by atoms with van der Waals surface area (Å²) in [7, 11) is 0. The SMILES string of the molecule is CC12CCC3CC(CO3)C1CN2. The van der Waals surface area contributed by atoms with Crippen molar-refractivity contribution in [2.24, 2.45) is 11.8 Å². The van der Waals surface area contributed by atoms with E-state index in [1.807, 2.05) is 0 Å². The third-order valence-electron chi connectivity index (χ3n) is 4.21. The highest BCUT2D eigenvalue weighted by Crippen LogP contribution is 2.45. The molecule has 1 N–H and O–H groups in total. The van der Waals surface area contributed by atoms with Gasteiger partial charge in [0.1, 0.15) is 0 Å². The Morgan fingerprint density at radius 2 is 2.42 bits per heavy atom. The molecule has 2 nitrogen and oxygen atoms in total. The first-order valence-corrected chi connectivity index (χ1v) is 5.14. The van der Waals surface area contributed by atoms with E-state index in [4.69, 9.17) is 4.74 Å². The Morgan fingerprint density at radius 3 is 3.17 bits per heavy atom. The smallest absolute Gasteiger partial charge is 0.0579 e. The summed E-state index contributed by atoms with van der Waals surface area (Å²) >= 11 is 0. The minimum atomic E-state index is 0.475. The summed E-state index contributed by atoms with van der Waals surface area (Å²) in [6.07, 6.45) is 4.52. The molecular weight excluding hydrogens is 150 g/mol. The minimum absolute atomic E-state index is 0.475. The molecule has 3 fully saturated rings. The van der Waals surface area contributed by atoms with Crippen LogP contribution >= 0.6 is 0 Å². The summed E-state index contributed by atoms with van der Waals surface area (Å²) in [5.74, 6) is 1.77. The van der Waals surface area contributed by atoms with Crippen LogP contribution < -0.4 is 5.32 Å². The van der Waals surface area contributed by atoms with Crippen LogP contribution in [0.3, 0.4) is 0 Å². The van der Waals surface area contributed by atoms with Crippen LogP contribution in [0.5, 0.6) is 0 Å². The van der Waals surface area contributed by atoms with Crippen LogP contribution in [0.1, 0.15) is 26.2 Å². The molecule has 2 heteroatoms. The van der Waals surface area contributed by atoms with E-state index in [-0.39, 0.29) is 0 Å². The maximum absolute atomic E-state index is 5.73. The largest absolute Gasteiger partial charge is 0.378 e. The maximum atomic E-state index is 5.73. The molecule has 2 aliphatic heterocycles. The molecule has 3 aliphatic rings. The van der Waals surface area contributed by atoms with Gasteiger partial charge in [0.05, 0.1) is 12.7 Å². The standard InChI is InChI=1S/C10H17NO/c1-10-3-2-8-4-7(6-12-8)9(10)5-11-10/h7-9,11H,2-6H2,1H3. The van der Waals surface area contributed by atoms with Crippen molar-refractivity contribution in [3.05, 3.63) is 0 Å². The lowest BCUT2D eigenvalue weighted by molar-refractivity contribution is 0.0133. The summed E-state index contributed by atoms with van der Waals surface area (Å²) in [4.78, 5) is 0. The molecule has 0 aromatic carbocycles. The van der Waals surface area contributed by atoms with Crippen LogP contribution in [-0.4, -0.2) is 24.8 Å². The lowest BCUT2D eigenvalue weighted by atomic mass is 9.70. The first kappa shape index (κ1) is 7.34. The second-order valence-corrected chi connectivity index (χ2v) is 4.89. The average molecular weight is 167 g/mol. The molecule has 2 heterocycles. The predicted molar refractivity (Wildman–Crippen MR) is 47.0 cm³/mol. The van der Waals surface area contributed by atoms with Crippen molar-refractivity contribution in [2.45, 2.75) is 37.8 Å². The lowest BCUT2D eigenvalue weighted by Gasteiger charge is -2.50. The first-order chi connectivity index (χ1) is 5.78. The fourth-order valence-electron chi connectivity index (χ4n) is 3.20. The third-order valence-corrected chi connectivity index (χ3v) is 4.21. The van der Waals surface area contributed by atoms with Crippen molar-refractivity contribution in [1.82, 2.24) is 5.32 Å². The van der Waals surface area contributed by atoms with Gasteiger partial charge in [-0.25, -0.2) is 0 Å². The van der Waals surface area contributed by atoms with Crippen LogP contribution in [0, 0.1) is 11.8 Å². The van der Waals surface area contributed by atoms with Gasteiger partial charge < -0.3 is 10.1 Å². The number of nitrogens with one attached hydrogen (secondary N) is 1. The van der Waals surface area contributed by atoms with E-state index in [0.717, 1.165) is 18.4 Å². The Labute approximate surface area is 73.7 Å². The Kier molecular flexibility index (Phi) is 1.37. The van der Waals surface area contributed by atoms with Crippen LogP contribution in [-0.2, 0) is 4.74 Å². The van der Waals surface area contributed by atoms with E-state index in [0.29, 0.717) is 11.6 Å². The first-order valence-electron chi connectivity index (χ1n) is 5.14. The Morgan fingerprint density at radius 1 is 1.50 bits per heavy atom. The number of ether oxygens (including phenoxy) is 1. The third kappa shape index (κ3) is 0.826. The Hall–Kier alpha value is -0.0800. The lowest BCUT2D eigenvalue weighted by Crippen LogP contribution is -2.65. The molecule has 4 unspecified atom stereocenters. The van der Waals surface area contributed by atoms with Crippen LogP contribution in [0.25, 0.3) is 0 Å². The Balaban J connectivity index is 1.86. The molecule has 0 amide bonds. The van der Waals surface area contributed by atoms with Gasteiger partial charge in [0, 0.05) is 12.1 Å². The molecule has 68 valence electrons. The highest BCUT2D eigenvalue weighted by atomic mass is 16.5. The summed E-state index contributed by atoms with van der Waals surface area (Å²) in [5.41, 5.74) is 0.475.